The number of aryl methyl sites for hydroxylation is 4. The highest BCUT2D eigenvalue weighted by Crippen LogP contribution is 2.34. The molecule has 1 aliphatic rings. The van der Waals surface area contributed by atoms with Crippen molar-refractivity contribution in [3.8, 4) is 0 Å². The SMILES string of the molecule is CCC(C)(C)CC(=O)OC[N+]1(C)CCc2c(c3cc(C)ccc3n2CCc2ccc(C)nc2)C1. The summed E-state index contributed by atoms with van der Waals surface area (Å²) in [5.41, 5.74) is 7.76. The van der Waals surface area contributed by atoms with E-state index in [1.165, 1.54) is 33.3 Å². The molecule has 1 aromatic carbocycles. The third-order valence-corrected chi connectivity index (χ3v) is 7.58. The summed E-state index contributed by atoms with van der Waals surface area (Å²) in [6.45, 7) is 13.8. The van der Waals surface area contributed by atoms with E-state index in [-0.39, 0.29) is 11.4 Å². The van der Waals surface area contributed by atoms with E-state index in [4.69, 9.17) is 4.74 Å². The molecule has 0 aliphatic carbocycles. The molecule has 34 heavy (non-hydrogen) atoms. The van der Waals surface area contributed by atoms with E-state index in [1.54, 1.807) is 0 Å². The molecule has 0 N–H and O–H groups in total. The van der Waals surface area contributed by atoms with Crippen molar-refractivity contribution in [3.05, 3.63) is 64.6 Å². The van der Waals surface area contributed by atoms with E-state index in [0.29, 0.717) is 13.2 Å². The number of rotatable bonds is 8. The lowest BCUT2D eigenvalue weighted by atomic mass is 9.87. The van der Waals surface area contributed by atoms with Crippen LogP contribution >= 0.6 is 0 Å². The Hall–Kier alpha value is -2.66. The van der Waals surface area contributed by atoms with E-state index < -0.39 is 0 Å². The standard InChI is InChI=1S/C29H40N3O2/c1-7-29(4,5)17-28(33)34-20-32(6)15-13-27-25(19-32)24-16-21(2)8-11-26(24)31(27)14-12-23-10-9-22(3)30-18-23/h8-11,16,18H,7,12-15,17,19-20H2,1-6H3/q+1. The maximum atomic E-state index is 12.5. The summed E-state index contributed by atoms with van der Waals surface area (Å²) in [7, 11) is 2.22. The van der Waals surface area contributed by atoms with E-state index in [1.807, 2.05) is 13.1 Å². The maximum absolute atomic E-state index is 12.5. The molecule has 0 radical (unpaired) electrons. The van der Waals surface area contributed by atoms with E-state index in [0.717, 1.165) is 49.1 Å². The molecule has 0 spiro atoms. The second kappa shape index (κ2) is 9.53. The van der Waals surface area contributed by atoms with Crippen LogP contribution in [0.25, 0.3) is 10.9 Å². The average molecular weight is 463 g/mol. The summed E-state index contributed by atoms with van der Waals surface area (Å²) >= 11 is 0. The highest BCUT2D eigenvalue weighted by Gasteiger charge is 2.34. The number of carbonyl (C=O) groups is 1. The van der Waals surface area contributed by atoms with Gasteiger partial charge in [0.2, 0.25) is 6.73 Å². The molecule has 2 aromatic heterocycles. The highest BCUT2D eigenvalue weighted by molar-refractivity contribution is 5.86. The molecule has 0 amide bonds. The fourth-order valence-electron chi connectivity index (χ4n) is 4.94. The predicted octanol–water partition coefficient (Wildman–Crippen LogP) is 5.73. The molecular weight excluding hydrogens is 422 g/mol. The third-order valence-electron chi connectivity index (χ3n) is 7.58. The Morgan fingerprint density at radius 1 is 1.21 bits per heavy atom. The molecule has 0 saturated carbocycles. The predicted molar refractivity (Wildman–Crippen MR) is 137 cm³/mol. The van der Waals surface area contributed by atoms with Crippen molar-refractivity contribution in [1.82, 2.24) is 9.55 Å². The number of ether oxygens (including phenoxy) is 1. The van der Waals surface area contributed by atoms with E-state index in [9.17, 15) is 4.79 Å². The van der Waals surface area contributed by atoms with Gasteiger partial charge in [0.1, 0.15) is 6.54 Å². The molecule has 4 rings (SSSR count). The first kappa shape index (κ1) is 24.5. The fraction of sp³-hybridized carbons (Fsp3) is 0.517. The lowest BCUT2D eigenvalue weighted by Crippen LogP contribution is -2.49. The van der Waals surface area contributed by atoms with Crippen LogP contribution in [-0.2, 0) is 35.5 Å². The topological polar surface area (TPSA) is 44.1 Å². The van der Waals surface area contributed by atoms with Crippen LogP contribution in [0, 0.1) is 19.3 Å². The molecule has 5 heteroatoms. The van der Waals surface area contributed by atoms with Crippen molar-refractivity contribution in [2.45, 2.75) is 73.4 Å². The lowest BCUT2D eigenvalue weighted by molar-refractivity contribution is -0.940. The Labute approximate surface area is 204 Å². The van der Waals surface area contributed by atoms with Crippen LogP contribution < -0.4 is 0 Å². The molecule has 5 nitrogen and oxygen atoms in total. The monoisotopic (exact) mass is 462 g/mol. The van der Waals surface area contributed by atoms with Crippen LogP contribution in [0.2, 0.25) is 0 Å². The highest BCUT2D eigenvalue weighted by atomic mass is 16.5. The minimum atomic E-state index is -0.0815. The number of quaternary nitrogens is 1. The molecule has 3 aromatic rings. The number of nitrogens with zero attached hydrogens (tertiary/aromatic N) is 3. The molecule has 1 atom stereocenters. The van der Waals surface area contributed by atoms with Crippen LogP contribution in [-0.4, -0.2) is 40.3 Å². The Balaban J connectivity index is 1.55. The summed E-state index contributed by atoms with van der Waals surface area (Å²) in [4.78, 5) is 17.0. The molecule has 0 fully saturated rings. The minimum Gasteiger partial charge on any atom is -0.415 e. The van der Waals surface area contributed by atoms with Gasteiger partial charge in [-0.25, -0.2) is 0 Å². The second-order valence-corrected chi connectivity index (χ2v) is 11.2. The lowest BCUT2D eigenvalue weighted by Gasteiger charge is -2.37. The Morgan fingerprint density at radius 2 is 2.00 bits per heavy atom. The van der Waals surface area contributed by atoms with Crippen molar-refractivity contribution in [2.75, 3.05) is 20.3 Å². The van der Waals surface area contributed by atoms with Gasteiger partial charge in [0.15, 0.2) is 0 Å². The zero-order valence-electron chi connectivity index (χ0n) is 21.8. The minimum absolute atomic E-state index is 0.0113. The zero-order valence-corrected chi connectivity index (χ0v) is 21.8. The molecule has 182 valence electrons. The van der Waals surface area contributed by atoms with Crippen molar-refractivity contribution < 1.29 is 14.0 Å². The average Bonchev–Trinajstić information content (AvgIpc) is 3.09. The summed E-state index contributed by atoms with van der Waals surface area (Å²) < 4.78 is 9.07. The molecule has 3 heterocycles. The third kappa shape index (κ3) is 5.35. The van der Waals surface area contributed by atoms with Crippen molar-refractivity contribution >= 4 is 16.9 Å². The zero-order chi connectivity index (χ0) is 24.5. The number of esters is 1. The van der Waals surface area contributed by atoms with Gasteiger partial charge < -0.3 is 9.30 Å². The molecule has 1 aliphatic heterocycles. The Bertz CT molecular complexity index is 1180. The van der Waals surface area contributed by atoms with Crippen molar-refractivity contribution in [3.63, 3.8) is 0 Å². The molecular formula is C29H40N3O2+. The number of hydrogen-bond donors (Lipinski definition) is 0. The second-order valence-electron chi connectivity index (χ2n) is 11.2. The van der Waals surface area contributed by atoms with Gasteiger partial charge in [-0.1, -0.05) is 44.9 Å². The number of likely N-dealkylation sites (N-methyl/N-ethyl adjacent to an activating group) is 1. The van der Waals surface area contributed by atoms with Gasteiger partial charge in [-0.15, -0.1) is 0 Å². The van der Waals surface area contributed by atoms with Gasteiger partial charge in [-0.3, -0.25) is 14.3 Å². The normalized spacial score (nSPS) is 18.2. The molecule has 1 unspecified atom stereocenters. The van der Waals surface area contributed by atoms with Gasteiger partial charge in [0.25, 0.3) is 0 Å². The first-order valence-corrected chi connectivity index (χ1v) is 12.6. The number of hydrogen-bond acceptors (Lipinski definition) is 3. The van der Waals surface area contributed by atoms with Crippen LogP contribution in [0.1, 0.15) is 61.7 Å². The summed E-state index contributed by atoms with van der Waals surface area (Å²) in [5.74, 6) is -0.0815. The number of fused-ring (bicyclic) bond motifs is 3. The number of pyridine rings is 1. The molecule has 0 saturated heterocycles. The number of benzene rings is 1. The van der Waals surface area contributed by atoms with Gasteiger partial charge >= 0.3 is 5.97 Å². The molecule has 0 bridgehead atoms. The fourth-order valence-corrected chi connectivity index (χ4v) is 4.94. The first-order chi connectivity index (χ1) is 16.1. The van der Waals surface area contributed by atoms with Crippen LogP contribution in [0.3, 0.4) is 0 Å². The summed E-state index contributed by atoms with van der Waals surface area (Å²) in [6.07, 6.45) is 5.40. The van der Waals surface area contributed by atoms with Gasteiger partial charge in [0.05, 0.1) is 20.0 Å². The largest absolute Gasteiger partial charge is 0.415 e. The maximum Gasteiger partial charge on any atom is 0.310 e. The van der Waals surface area contributed by atoms with Gasteiger partial charge in [-0.05, 0) is 49.4 Å². The number of carbonyl (C=O) groups excluding carboxylic acids is 1. The Kier molecular flexibility index (Phi) is 6.86. The number of aromatic nitrogens is 2. The van der Waals surface area contributed by atoms with Crippen molar-refractivity contribution in [2.24, 2.45) is 5.41 Å². The smallest absolute Gasteiger partial charge is 0.310 e. The van der Waals surface area contributed by atoms with E-state index >= 15 is 0 Å². The van der Waals surface area contributed by atoms with Crippen LogP contribution in [0.5, 0.6) is 0 Å². The van der Waals surface area contributed by atoms with E-state index in [2.05, 4.69) is 74.6 Å². The quantitative estimate of drug-likeness (QED) is 0.317. The summed E-state index contributed by atoms with van der Waals surface area (Å²) in [6, 6.07) is 11.1. The van der Waals surface area contributed by atoms with Crippen LogP contribution in [0.15, 0.2) is 36.5 Å². The first-order valence-electron chi connectivity index (χ1n) is 12.6. The Morgan fingerprint density at radius 3 is 2.71 bits per heavy atom. The van der Waals surface area contributed by atoms with Gasteiger partial charge in [0, 0.05) is 47.0 Å². The van der Waals surface area contributed by atoms with Gasteiger partial charge in [-0.2, -0.15) is 0 Å². The summed E-state index contributed by atoms with van der Waals surface area (Å²) in [5, 5.41) is 1.35. The van der Waals surface area contributed by atoms with Crippen LogP contribution in [0.4, 0.5) is 0 Å². The van der Waals surface area contributed by atoms with Crippen molar-refractivity contribution in [1.29, 1.82) is 0 Å².